The number of anilines is 1. The fourth-order valence-electron chi connectivity index (χ4n) is 3.71. The van der Waals surface area contributed by atoms with Crippen LogP contribution < -0.4 is 15.4 Å². The zero-order valence-electron chi connectivity index (χ0n) is 21.1. The average molecular weight is 508 g/mol. The van der Waals surface area contributed by atoms with E-state index < -0.39 is 10.0 Å². The highest BCUT2D eigenvalue weighted by atomic mass is 32.2. The van der Waals surface area contributed by atoms with Crippen LogP contribution >= 0.6 is 0 Å². The molecule has 35 heavy (non-hydrogen) atoms. The Morgan fingerprint density at radius 2 is 1.60 bits per heavy atom. The molecule has 1 aromatic rings. The monoisotopic (exact) mass is 507 g/mol. The van der Waals surface area contributed by atoms with Crippen LogP contribution in [0.15, 0.2) is 39.1 Å². The third-order valence-electron chi connectivity index (χ3n) is 5.76. The average Bonchev–Trinajstić information content (AvgIpc) is 2.83. The molecule has 0 saturated carbocycles. The number of alkyl carbamates (subject to hydrolysis) is 1. The predicted molar refractivity (Wildman–Crippen MR) is 142 cm³/mol. The minimum atomic E-state index is -3.53. The van der Waals surface area contributed by atoms with E-state index in [0.717, 1.165) is 70.6 Å². The second-order valence-corrected chi connectivity index (χ2v) is 10.6. The van der Waals surface area contributed by atoms with Crippen LogP contribution in [-0.2, 0) is 14.8 Å². The summed E-state index contributed by atoms with van der Waals surface area (Å²) in [4.78, 5) is 20.7. The molecule has 0 aromatic heterocycles. The molecule has 1 amide bonds. The van der Waals surface area contributed by atoms with Gasteiger partial charge in [0, 0.05) is 32.0 Å². The number of carbonyl (C=O) groups excluding carboxylic acids is 1. The van der Waals surface area contributed by atoms with Gasteiger partial charge in [-0.1, -0.05) is 32.1 Å². The van der Waals surface area contributed by atoms with Crippen molar-refractivity contribution in [2.24, 2.45) is 9.98 Å². The molecule has 1 atom stereocenters. The Labute approximate surface area is 210 Å². The molecule has 0 spiro atoms. The molecule has 3 N–H and O–H groups in total. The molecule has 2 aliphatic rings. The number of fused-ring (bicyclic) bond motifs is 23. The fraction of sp³-hybridized carbons (Fsp3) is 0.640. The van der Waals surface area contributed by atoms with Crippen molar-refractivity contribution in [3.63, 3.8) is 0 Å². The molecule has 10 heteroatoms. The number of ether oxygens (including phenoxy) is 1. The maximum absolute atomic E-state index is 12.5. The van der Waals surface area contributed by atoms with E-state index in [2.05, 4.69) is 25.3 Å². The van der Waals surface area contributed by atoms with E-state index in [1.54, 1.807) is 31.3 Å². The van der Waals surface area contributed by atoms with Gasteiger partial charge in [-0.2, -0.15) is 0 Å². The molecule has 0 radical (unpaired) electrons. The first kappa shape index (κ1) is 28.8. The summed E-state index contributed by atoms with van der Waals surface area (Å²) in [6.45, 7) is 2.97. The Bertz CT molecular complexity index is 916. The quantitative estimate of drug-likeness (QED) is 0.463. The molecule has 196 valence electrons. The largest absolute Gasteiger partial charge is 0.447 e. The zero-order chi connectivity index (χ0) is 25.4. The maximum atomic E-state index is 12.5. The number of hydrogen-bond donors (Lipinski definition) is 3. The molecule has 0 saturated heterocycles. The molecule has 2 aliphatic heterocycles. The van der Waals surface area contributed by atoms with Crippen molar-refractivity contribution in [1.29, 1.82) is 0 Å². The third-order valence-corrected chi connectivity index (χ3v) is 7.24. The second-order valence-electron chi connectivity index (χ2n) is 8.81. The lowest BCUT2D eigenvalue weighted by molar-refractivity contribution is 0.101. The molecular weight excluding hydrogens is 466 g/mol. The van der Waals surface area contributed by atoms with Gasteiger partial charge in [-0.15, -0.1) is 0 Å². The minimum Gasteiger partial charge on any atom is -0.447 e. The van der Waals surface area contributed by atoms with Crippen LogP contribution in [-0.4, -0.2) is 52.9 Å². The van der Waals surface area contributed by atoms with E-state index in [1.807, 2.05) is 13.1 Å². The summed E-state index contributed by atoms with van der Waals surface area (Å²) in [6.07, 6.45) is 11.8. The minimum absolute atomic E-state index is 0.120. The molecular formula is C25H41N5O4S. The van der Waals surface area contributed by atoms with Gasteiger partial charge in [-0.05, 0) is 69.7 Å². The number of hydrogen-bond acceptors (Lipinski definition) is 5. The van der Waals surface area contributed by atoms with Gasteiger partial charge < -0.3 is 15.4 Å². The van der Waals surface area contributed by atoms with Gasteiger partial charge in [0.1, 0.15) is 6.10 Å². The van der Waals surface area contributed by atoms with Gasteiger partial charge >= 0.3 is 6.09 Å². The number of sulfonamides is 1. The highest BCUT2D eigenvalue weighted by Crippen LogP contribution is 2.15. The van der Waals surface area contributed by atoms with Crippen LogP contribution in [0.1, 0.15) is 77.6 Å². The van der Waals surface area contributed by atoms with Crippen LogP contribution in [0.5, 0.6) is 0 Å². The lowest BCUT2D eigenvalue weighted by Gasteiger charge is -2.13. The Morgan fingerprint density at radius 3 is 2.29 bits per heavy atom. The summed E-state index contributed by atoms with van der Waals surface area (Å²) < 4.78 is 33.2. The SMILES string of the molecule is CN=C1N=CCCCC[C@@H](C)OC(=O)NCCCCCCCCCNS(=O)(=O)c2ccc(cc2)N1. The zero-order valence-corrected chi connectivity index (χ0v) is 21.9. The number of aliphatic imine (C=N–C) groups is 2. The van der Waals surface area contributed by atoms with E-state index in [9.17, 15) is 13.2 Å². The van der Waals surface area contributed by atoms with Crippen LogP contribution in [0.3, 0.4) is 0 Å². The summed E-state index contributed by atoms with van der Waals surface area (Å²) in [6, 6.07) is 6.58. The summed E-state index contributed by atoms with van der Waals surface area (Å²) in [5, 5.41) is 5.93. The normalized spacial score (nSPS) is 23.5. The first-order valence-corrected chi connectivity index (χ1v) is 14.2. The Hall–Kier alpha value is -2.46. The molecule has 1 aromatic carbocycles. The van der Waals surface area contributed by atoms with Crippen molar-refractivity contribution >= 4 is 34.0 Å². The summed E-state index contributed by atoms with van der Waals surface area (Å²) in [5.41, 5.74) is 0.711. The van der Waals surface area contributed by atoms with E-state index in [0.29, 0.717) is 24.7 Å². The molecule has 9 nitrogen and oxygen atoms in total. The summed E-state index contributed by atoms with van der Waals surface area (Å²) >= 11 is 0. The molecule has 0 unspecified atom stereocenters. The Morgan fingerprint density at radius 1 is 0.943 bits per heavy atom. The lowest BCUT2D eigenvalue weighted by atomic mass is 10.1. The van der Waals surface area contributed by atoms with Gasteiger partial charge in [0.05, 0.1) is 4.90 Å². The number of rotatable bonds is 0. The third kappa shape index (κ3) is 12.2. The molecule has 2 heterocycles. The molecule has 0 aliphatic carbocycles. The number of nitrogens with one attached hydrogen (secondary N) is 3. The lowest BCUT2D eigenvalue weighted by Crippen LogP contribution is -2.28. The highest BCUT2D eigenvalue weighted by Gasteiger charge is 2.13. The number of carbonyl (C=O) groups is 1. The molecule has 0 fully saturated rings. The summed E-state index contributed by atoms with van der Waals surface area (Å²) in [5.74, 6) is 0.449. The first-order valence-electron chi connectivity index (χ1n) is 12.7. The molecule has 2 bridgehead atoms. The van der Waals surface area contributed by atoms with Crippen molar-refractivity contribution in [3.05, 3.63) is 24.3 Å². The highest BCUT2D eigenvalue weighted by molar-refractivity contribution is 7.89. The number of benzene rings is 1. The van der Waals surface area contributed by atoms with Crippen molar-refractivity contribution in [2.75, 3.05) is 25.5 Å². The molecule has 3 rings (SSSR count). The van der Waals surface area contributed by atoms with E-state index >= 15 is 0 Å². The van der Waals surface area contributed by atoms with Gasteiger partial charge in [0.25, 0.3) is 0 Å². The fourth-order valence-corrected chi connectivity index (χ4v) is 4.78. The van der Waals surface area contributed by atoms with Crippen molar-refractivity contribution in [2.45, 2.75) is 88.6 Å². The first-order chi connectivity index (χ1) is 16.9. The van der Waals surface area contributed by atoms with E-state index in [1.165, 1.54) is 0 Å². The topological polar surface area (TPSA) is 121 Å². The van der Waals surface area contributed by atoms with Gasteiger partial charge in [-0.25, -0.2) is 22.9 Å². The van der Waals surface area contributed by atoms with Crippen molar-refractivity contribution in [3.8, 4) is 0 Å². The van der Waals surface area contributed by atoms with Crippen LogP contribution in [0.2, 0.25) is 0 Å². The van der Waals surface area contributed by atoms with Crippen LogP contribution in [0.25, 0.3) is 0 Å². The smallest absolute Gasteiger partial charge is 0.407 e. The van der Waals surface area contributed by atoms with Gasteiger partial charge in [0.15, 0.2) is 0 Å². The number of amides is 1. The predicted octanol–water partition coefficient (Wildman–Crippen LogP) is 4.85. The maximum Gasteiger partial charge on any atom is 0.407 e. The number of nitrogens with zero attached hydrogens (tertiary/aromatic N) is 2. The second kappa shape index (κ2) is 16.3. The van der Waals surface area contributed by atoms with E-state index in [4.69, 9.17) is 4.74 Å². The van der Waals surface area contributed by atoms with Crippen molar-refractivity contribution in [1.82, 2.24) is 10.0 Å². The Kier molecular flexibility index (Phi) is 13.4. The number of guanidine groups is 1. The van der Waals surface area contributed by atoms with Gasteiger partial charge in [0.2, 0.25) is 16.0 Å². The van der Waals surface area contributed by atoms with Crippen LogP contribution in [0.4, 0.5) is 10.5 Å². The van der Waals surface area contributed by atoms with Crippen LogP contribution in [0, 0.1) is 0 Å². The standard InChI is InChI=1S/C25H41N5O4S/c1-21-13-9-8-11-18-27-24(26-2)30-22-14-16-23(17-15-22)35(32,33)29-20-12-7-5-3-4-6-10-19-28-25(31)34-21/h14-18,21,29H,3-13,19-20H2,1-2H3,(H,26,30)(H,28,31)/t21-/m1/s1. The summed E-state index contributed by atoms with van der Waals surface area (Å²) in [7, 11) is -1.88. The van der Waals surface area contributed by atoms with Gasteiger partial charge in [-0.3, -0.25) is 4.99 Å². The van der Waals surface area contributed by atoms with Crippen molar-refractivity contribution < 1.29 is 17.9 Å². The Balaban J connectivity index is 1.93. The van der Waals surface area contributed by atoms with E-state index in [-0.39, 0.29) is 17.1 Å².